The molecule has 0 aromatic rings. The quantitative estimate of drug-likeness (QED) is 0.750. The maximum Gasteiger partial charge on any atom is 0.243 e. The Kier molecular flexibility index (Phi) is 4.95. The minimum atomic E-state index is -0.844. The van der Waals surface area contributed by atoms with Crippen LogP contribution in [0.4, 0.5) is 0 Å². The smallest absolute Gasteiger partial charge is 0.243 e. The van der Waals surface area contributed by atoms with Crippen molar-refractivity contribution in [3.8, 4) is 6.07 Å². The van der Waals surface area contributed by atoms with Crippen molar-refractivity contribution < 1.29 is 9.53 Å². The molecule has 1 heterocycles. The first kappa shape index (κ1) is 14.0. The highest BCUT2D eigenvalue weighted by molar-refractivity contribution is 5.85. The van der Waals surface area contributed by atoms with Crippen LogP contribution in [0.2, 0.25) is 0 Å². The van der Waals surface area contributed by atoms with Gasteiger partial charge in [-0.15, -0.1) is 0 Å². The summed E-state index contributed by atoms with van der Waals surface area (Å²) in [5, 5.41) is 9.34. The van der Waals surface area contributed by atoms with Crippen LogP contribution >= 0.6 is 0 Å². The Balaban J connectivity index is 2.80. The van der Waals surface area contributed by atoms with Crippen molar-refractivity contribution in [3.63, 3.8) is 0 Å². The van der Waals surface area contributed by atoms with E-state index in [1.165, 1.54) is 0 Å². The van der Waals surface area contributed by atoms with Crippen LogP contribution in [0, 0.1) is 22.7 Å². The molecule has 0 aromatic heterocycles. The van der Waals surface area contributed by atoms with Gasteiger partial charge < -0.3 is 9.64 Å². The number of ether oxygens (including phenoxy) is 1. The predicted molar refractivity (Wildman–Crippen MR) is 65.2 cm³/mol. The van der Waals surface area contributed by atoms with Crippen LogP contribution < -0.4 is 0 Å². The lowest BCUT2D eigenvalue weighted by Gasteiger charge is -2.35. The summed E-state index contributed by atoms with van der Waals surface area (Å²) < 4.78 is 5.25. The average molecular weight is 238 g/mol. The van der Waals surface area contributed by atoms with Gasteiger partial charge in [-0.1, -0.05) is 13.8 Å². The molecule has 96 valence electrons. The maximum absolute atomic E-state index is 12.5. The summed E-state index contributed by atoms with van der Waals surface area (Å²) in [7, 11) is 0. The lowest BCUT2D eigenvalue weighted by atomic mass is 9.80. The number of hydrogen-bond donors (Lipinski definition) is 0. The second kappa shape index (κ2) is 6.02. The number of rotatable bonds is 4. The number of nitrogens with zero attached hydrogens (tertiary/aromatic N) is 2. The number of amides is 1. The molecule has 1 aliphatic rings. The van der Waals surface area contributed by atoms with E-state index in [-0.39, 0.29) is 5.91 Å². The zero-order valence-electron chi connectivity index (χ0n) is 11.0. The third-order valence-electron chi connectivity index (χ3n) is 3.22. The van der Waals surface area contributed by atoms with E-state index in [2.05, 4.69) is 19.9 Å². The molecule has 0 unspecified atom stereocenters. The molecule has 0 N–H and O–H groups in total. The number of hydrogen-bond acceptors (Lipinski definition) is 3. The van der Waals surface area contributed by atoms with Gasteiger partial charge in [0.05, 0.1) is 6.07 Å². The minimum Gasteiger partial charge on any atom is -0.381 e. The van der Waals surface area contributed by atoms with Gasteiger partial charge in [0, 0.05) is 26.3 Å². The molecular formula is C13H22N2O2. The zero-order valence-corrected chi connectivity index (χ0v) is 11.0. The molecule has 4 nitrogen and oxygen atoms in total. The Hall–Kier alpha value is -1.08. The SMILES string of the molecule is CCN(CC(C)C)C(=O)C1(C#N)CCOCC1. The molecule has 17 heavy (non-hydrogen) atoms. The highest BCUT2D eigenvalue weighted by Gasteiger charge is 2.42. The molecule has 1 rings (SSSR count). The lowest BCUT2D eigenvalue weighted by molar-refractivity contribution is -0.143. The van der Waals surface area contributed by atoms with Gasteiger partial charge in [-0.05, 0) is 25.7 Å². The summed E-state index contributed by atoms with van der Waals surface area (Å²) in [5.41, 5.74) is -0.844. The van der Waals surface area contributed by atoms with Crippen LogP contribution in [0.25, 0.3) is 0 Å². The maximum atomic E-state index is 12.5. The first-order valence-electron chi connectivity index (χ1n) is 6.34. The first-order chi connectivity index (χ1) is 8.05. The Morgan fingerprint density at radius 2 is 2.06 bits per heavy atom. The molecule has 1 saturated heterocycles. The van der Waals surface area contributed by atoms with E-state index in [9.17, 15) is 10.1 Å². The predicted octanol–water partition coefficient (Wildman–Crippen LogP) is 1.81. The van der Waals surface area contributed by atoms with Gasteiger partial charge in [0.1, 0.15) is 5.41 Å². The Morgan fingerprint density at radius 1 is 1.47 bits per heavy atom. The van der Waals surface area contributed by atoms with Crippen molar-refractivity contribution in [3.05, 3.63) is 0 Å². The summed E-state index contributed by atoms with van der Waals surface area (Å²) in [6, 6.07) is 2.23. The van der Waals surface area contributed by atoms with Crippen LogP contribution in [0.15, 0.2) is 0 Å². The minimum absolute atomic E-state index is 0.0144. The number of carbonyl (C=O) groups is 1. The summed E-state index contributed by atoms with van der Waals surface area (Å²) in [4.78, 5) is 14.3. The van der Waals surface area contributed by atoms with Gasteiger partial charge in [0.25, 0.3) is 0 Å². The first-order valence-corrected chi connectivity index (χ1v) is 6.34. The third kappa shape index (κ3) is 3.19. The molecule has 1 aliphatic heterocycles. The lowest BCUT2D eigenvalue weighted by Crippen LogP contribution is -2.47. The molecule has 0 atom stereocenters. The van der Waals surface area contributed by atoms with Crippen LogP contribution in [-0.2, 0) is 9.53 Å². The van der Waals surface area contributed by atoms with E-state index >= 15 is 0 Å². The topological polar surface area (TPSA) is 53.3 Å². The van der Waals surface area contributed by atoms with E-state index in [4.69, 9.17) is 4.74 Å². The van der Waals surface area contributed by atoms with Gasteiger partial charge in [-0.2, -0.15) is 5.26 Å². The standard InChI is InChI=1S/C13H22N2O2/c1-4-15(9-11(2)3)12(16)13(10-14)5-7-17-8-6-13/h11H,4-9H2,1-3H3. The van der Waals surface area contributed by atoms with Crippen molar-refractivity contribution >= 4 is 5.91 Å². The normalized spacial score (nSPS) is 18.8. The van der Waals surface area contributed by atoms with Crippen molar-refractivity contribution in [1.29, 1.82) is 5.26 Å². The van der Waals surface area contributed by atoms with Crippen molar-refractivity contribution in [2.45, 2.75) is 33.6 Å². The molecule has 0 bridgehead atoms. The Labute approximate surface area is 104 Å². The molecule has 0 spiro atoms. The fourth-order valence-electron chi connectivity index (χ4n) is 2.19. The van der Waals surface area contributed by atoms with E-state index in [1.54, 1.807) is 4.90 Å². The number of nitriles is 1. The van der Waals surface area contributed by atoms with Crippen molar-refractivity contribution in [1.82, 2.24) is 4.90 Å². The summed E-state index contributed by atoms with van der Waals surface area (Å²) in [5.74, 6) is 0.411. The van der Waals surface area contributed by atoms with Gasteiger partial charge in [0.2, 0.25) is 5.91 Å². The molecule has 1 fully saturated rings. The van der Waals surface area contributed by atoms with Gasteiger partial charge >= 0.3 is 0 Å². The number of carbonyl (C=O) groups excluding carboxylic acids is 1. The van der Waals surface area contributed by atoms with Crippen LogP contribution in [0.1, 0.15) is 33.6 Å². The van der Waals surface area contributed by atoms with E-state index in [1.807, 2.05) is 6.92 Å². The Morgan fingerprint density at radius 3 is 2.47 bits per heavy atom. The highest BCUT2D eigenvalue weighted by Crippen LogP contribution is 2.32. The average Bonchev–Trinajstić information content (AvgIpc) is 2.35. The van der Waals surface area contributed by atoms with Gasteiger partial charge in [-0.25, -0.2) is 0 Å². The van der Waals surface area contributed by atoms with Crippen molar-refractivity contribution in [2.75, 3.05) is 26.3 Å². The third-order valence-corrected chi connectivity index (χ3v) is 3.22. The molecule has 0 aliphatic carbocycles. The summed E-state index contributed by atoms with van der Waals surface area (Å²) >= 11 is 0. The van der Waals surface area contributed by atoms with E-state index in [0.717, 1.165) is 6.54 Å². The second-order valence-corrected chi connectivity index (χ2v) is 5.04. The van der Waals surface area contributed by atoms with Crippen molar-refractivity contribution in [2.24, 2.45) is 11.3 Å². The molecule has 0 radical (unpaired) electrons. The second-order valence-electron chi connectivity index (χ2n) is 5.04. The Bertz CT molecular complexity index is 301. The molecule has 4 heteroatoms. The van der Waals surface area contributed by atoms with Crippen LogP contribution in [-0.4, -0.2) is 37.1 Å². The molecule has 0 saturated carbocycles. The van der Waals surface area contributed by atoms with Gasteiger partial charge in [-0.3, -0.25) is 4.79 Å². The molecular weight excluding hydrogens is 216 g/mol. The summed E-state index contributed by atoms with van der Waals surface area (Å²) in [6.45, 7) is 8.54. The largest absolute Gasteiger partial charge is 0.381 e. The molecule has 0 aromatic carbocycles. The summed E-state index contributed by atoms with van der Waals surface area (Å²) in [6.07, 6.45) is 1.05. The van der Waals surface area contributed by atoms with Gasteiger partial charge in [0.15, 0.2) is 0 Å². The zero-order chi connectivity index (χ0) is 12.9. The fraction of sp³-hybridized carbons (Fsp3) is 0.846. The van der Waals surface area contributed by atoms with Crippen LogP contribution in [0.5, 0.6) is 0 Å². The monoisotopic (exact) mass is 238 g/mol. The fourth-order valence-corrected chi connectivity index (χ4v) is 2.19. The van der Waals surface area contributed by atoms with E-state index in [0.29, 0.717) is 38.5 Å². The molecule has 1 amide bonds. The van der Waals surface area contributed by atoms with Crippen LogP contribution in [0.3, 0.4) is 0 Å². The van der Waals surface area contributed by atoms with E-state index < -0.39 is 5.41 Å². The highest BCUT2D eigenvalue weighted by atomic mass is 16.5.